The molecular formula is C16H26O4S. The van der Waals surface area contributed by atoms with E-state index >= 15 is 0 Å². The zero-order valence-corrected chi connectivity index (χ0v) is 14.0. The second kappa shape index (κ2) is 10.8. The summed E-state index contributed by atoms with van der Waals surface area (Å²) >= 11 is 1.73. The van der Waals surface area contributed by atoms with E-state index in [1.165, 1.54) is 10.4 Å². The molecule has 0 spiro atoms. The average Bonchev–Trinajstić information content (AvgIpc) is 2.87. The van der Waals surface area contributed by atoms with Crippen LogP contribution in [0.2, 0.25) is 0 Å². The summed E-state index contributed by atoms with van der Waals surface area (Å²) in [6, 6.07) is 2.18. The Kier molecular flexibility index (Phi) is 9.30. The van der Waals surface area contributed by atoms with Crippen molar-refractivity contribution in [3.8, 4) is 0 Å². The van der Waals surface area contributed by atoms with Crippen LogP contribution in [0.3, 0.4) is 0 Å². The van der Waals surface area contributed by atoms with Crippen LogP contribution in [-0.4, -0.2) is 32.1 Å². The fraction of sp³-hybridized carbons (Fsp3) is 0.688. The van der Waals surface area contributed by atoms with Gasteiger partial charge in [0.15, 0.2) is 6.29 Å². The molecule has 0 aromatic carbocycles. The highest BCUT2D eigenvalue weighted by Gasteiger charge is 2.11. The standard InChI is InChI=1S/C16H26O4S/c1-4-18-15(17)9-7-8-14-10-13(12-21-14)11-16(19-5-2)20-6-3/h10,12,16H,4-9,11H2,1-3H3. The van der Waals surface area contributed by atoms with Crippen molar-refractivity contribution in [1.82, 2.24) is 0 Å². The molecule has 0 N–H and O–H groups in total. The lowest BCUT2D eigenvalue weighted by molar-refractivity contribution is -0.143. The Morgan fingerprint density at radius 1 is 1.19 bits per heavy atom. The van der Waals surface area contributed by atoms with Crippen LogP contribution >= 0.6 is 11.3 Å². The first-order chi connectivity index (χ1) is 10.2. The molecule has 0 radical (unpaired) electrons. The Morgan fingerprint density at radius 2 is 1.90 bits per heavy atom. The van der Waals surface area contributed by atoms with E-state index in [-0.39, 0.29) is 12.3 Å². The van der Waals surface area contributed by atoms with Gasteiger partial charge in [0.25, 0.3) is 0 Å². The number of carbonyl (C=O) groups excluding carboxylic acids is 1. The van der Waals surface area contributed by atoms with Gasteiger partial charge < -0.3 is 14.2 Å². The molecule has 0 aliphatic heterocycles. The third kappa shape index (κ3) is 7.60. The minimum absolute atomic E-state index is 0.109. The average molecular weight is 314 g/mol. The maximum absolute atomic E-state index is 11.3. The van der Waals surface area contributed by atoms with E-state index in [2.05, 4.69) is 11.4 Å². The van der Waals surface area contributed by atoms with Crippen LogP contribution in [0.5, 0.6) is 0 Å². The molecule has 1 heterocycles. The van der Waals surface area contributed by atoms with E-state index in [0.717, 1.165) is 19.3 Å². The SMILES string of the molecule is CCOC(=O)CCCc1cc(CC(OCC)OCC)cs1. The van der Waals surface area contributed by atoms with Gasteiger partial charge in [0.1, 0.15) is 0 Å². The van der Waals surface area contributed by atoms with Crippen molar-refractivity contribution in [3.63, 3.8) is 0 Å². The summed E-state index contributed by atoms with van der Waals surface area (Å²) in [6.45, 7) is 7.54. The molecule has 1 aromatic rings. The molecule has 0 aliphatic carbocycles. The number of carbonyl (C=O) groups is 1. The molecule has 0 saturated heterocycles. The highest BCUT2D eigenvalue weighted by Crippen LogP contribution is 2.19. The molecule has 5 heteroatoms. The van der Waals surface area contributed by atoms with Gasteiger partial charge in [-0.25, -0.2) is 0 Å². The maximum atomic E-state index is 11.3. The molecule has 120 valence electrons. The van der Waals surface area contributed by atoms with E-state index in [1.807, 2.05) is 20.8 Å². The number of thiophene rings is 1. The molecule has 0 unspecified atom stereocenters. The van der Waals surface area contributed by atoms with E-state index in [0.29, 0.717) is 26.2 Å². The van der Waals surface area contributed by atoms with Crippen molar-refractivity contribution in [2.75, 3.05) is 19.8 Å². The summed E-state index contributed by atoms with van der Waals surface area (Å²) in [5, 5.41) is 2.14. The highest BCUT2D eigenvalue weighted by atomic mass is 32.1. The van der Waals surface area contributed by atoms with Gasteiger partial charge >= 0.3 is 5.97 Å². The molecule has 21 heavy (non-hydrogen) atoms. The van der Waals surface area contributed by atoms with Gasteiger partial charge in [-0.05, 0) is 50.6 Å². The molecule has 4 nitrogen and oxygen atoms in total. The molecule has 0 saturated carbocycles. The normalized spacial score (nSPS) is 11.0. The fourth-order valence-electron chi connectivity index (χ4n) is 2.03. The van der Waals surface area contributed by atoms with Crippen molar-refractivity contribution in [2.45, 2.75) is 52.7 Å². The molecule has 0 bridgehead atoms. The van der Waals surface area contributed by atoms with Crippen molar-refractivity contribution >= 4 is 17.3 Å². The summed E-state index contributed by atoms with van der Waals surface area (Å²) in [5.41, 5.74) is 1.23. The first-order valence-electron chi connectivity index (χ1n) is 7.64. The van der Waals surface area contributed by atoms with Gasteiger partial charge in [0, 0.05) is 30.9 Å². The van der Waals surface area contributed by atoms with Crippen LogP contribution in [0.4, 0.5) is 0 Å². The predicted molar refractivity (Wildman–Crippen MR) is 84.6 cm³/mol. The van der Waals surface area contributed by atoms with Crippen LogP contribution in [0.1, 0.15) is 44.1 Å². The van der Waals surface area contributed by atoms with Crippen LogP contribution in [0.25, 0.3) is 0 Å². The van der Waals surface area contributed by atoms with Gasteiger partial charge in [-0.2, -0.15) is 0 Å². The van der Waals surface area contributed by atoms with Gasteiger partial charge in [-0.3, -0.25) is 4.79 Å². The number of rotatable bonds is 11. The highest BCUT2D eigenvalue weighted by molar-refractivity contribution is 7.10. The van der Waals surface area contributed by atoms with Crippen molar-refractivity contribution < 1.29 is 19.0 Å². The summed E-state index contributed by atoms with van der Waals surface area (Å²) in [6.07, 6.45) is 2.84. The predicted octanol–water partition coefficient (Wildman–Crippen LogP) is 3.58. The Morgan fingerprint density at radius 3 is 2.52 bits per heavy atom. The first kappa shape index (κ1) is 18.1. The zero-order valence-electron chi connectivity index (χ0n) is 13.2. The van der Waals surface area contributed by atoms with Gasteiger partial charge in [-0.15, -0.1) is 11.3 Å². The van der Waals surface area contributed by atoms with Gasteiger partial charge in [0.2, 0.25) is 0 Å². The summed E-state index contributed by atoms with van der Waals surface area (Å²) in [7, 11) is 0. The quantitative estimate of drug-likeness (QED) is 0.462. The minimum atomic E-state index is -0.165. The Labute approximate surface area is 131 Å². The van der Waals surface area contributed by atoms with Gasteiger partial charge in [0.05, 0.1) is 6.61 Å². The monoisotopic (exact) mass is 314 g/mol. The van der Waals surface area contributed by atoms with Crippen LogP contribution in [0.15, 0.2) is 11.4 Å². The van der Waals surface area contributed by atoms with Crippen molar-refractivity contribution in [3.05, 3.63) is 21.9 Å². The third-order valence-electron chi connectivity index (χ3n) is 2.92. The molecular weight excluding hydrogens is 288 g/mol. The number of hydrogen-bond donors (Lipinski definition) is 0. The van der Waals surface area contributed by atoms with Gasteiger partial charge in [-0.1, -0.05) is 0 Å². The largest absolute Gasteiger partial charge is 0.466 e. The number of aryl methyl sites for hydroxylation is 1. The second-order valence-electron chi connectivity index (χ2n) is 4.62. The number of hydrogen-bond acceptors (Lipinski definition) is 5. The molecule has 0 atom stereocenters. The van der Waals surface area contributed by atoms with Crippen molar-refractivity contribution in [2.24, 2.45) is 0 Å². The van der Waals surface area contributed by atoms with E-state index in [1.54, 1.807) is 11.3 Å². The lowest BCUT2D eigenvalue weighted by Crippen LogP contribution is -2.19. The van der Waals surface area contributed by atoms with Crippen LogP contribution in [-0.2, 0) is 31.8 Å². The first-order valence-corrected chi connectivity index (χ1v) is 8.52. The molecule has 1 rings (SSSR count). The van der Waals surface area contributed by atoms with Crippen molar-refractivity contribution in [1.29, 1.82) is 0 Å². The third-order valence-corrected chi connectivity index (χ3v) is 3.97. The smallest absolute Gasteiger partial charge is 0.305 e. The molecule has 1 aromatic heterocycles. The number of ether oxygens (including phenoxy) is 3. The van der Waals surface area contributed by atoms with E-state index in [4.69, 9.17) is 14.2 Å². The summed E-state index contributed by atoms with van der Waals surface area (Å²) in [5.74, 6) is -0.109. The number of esters is 1. The Hall–Kier alpha value is -0.910. The van der Waals surface area contributed by atoms with E-state index < -0.39 is 0 Å². The zero-order chi connectivity index (χ0) is 15.5. The minimum Gasteiger partial charge on any atom is -0.466 e. The molecule has 0 aliphatic rings. The lowest BCUT2D eigenvalue weighted by atomic mass is 10.1. The lowest BCUT2D eigenvalue weighted by Gasteiger charge is -2.15. The summed E-state index contributed by atoms with van der Waals surface area (Å²) < 4.78 is 16.0. The van der Waals surface area contributed by atoms with Crippen LogP contribution in [0, 0.1) is 0 Å². The molecule has 0 amide bonds. The van der Waals surface area contributed by atoms with E-state index in [9.17, 15) is 4.79 Å². The second-order valence-corrected chi connectivity index (χ2v) is 5.62. The van der Waals surface area contributed by atoms with Crippen LogP contribution < -0.4 is 0 Å². The maximum Gasteiger partial charge on any atom is 0.305 e. The Balaban J connectivity index is 2.36. The Bertz CT molecular complexity index is 397. The summed E-state index contributed by atoms with van der Waals surface area (Å²) in [4.78, 5) is 12.6. The fourth-order valence-corrected chi connectivity index (χ4v) is 2.98. The topological polar surface area (TPSA) is 44.8 Å². The molecule has 0 fully saturated rings.